The molecule has 0 aromatic heterocycles. The quantitative estimate of drug-likeness (QED) is 0.366. The molecule has 1 aromatic carbocycles. The summed E-state index contributed by atoms with van der Waals surface area (Å²) in [5.41, 5.74) is 6.10. The smallest absolute Gasteiger partial charge is 0.173 e. The van der Waals surface area contributed by atoms with Crippen molar-refractivity contribution in [3.8, 4) is 0 Å². The lowest BCUT2D eigenvalue weighted by Crippen LogP contribution is -2.28. The maximum absolute atomic E-state index is 14.1. The fourth-order valence-corrected chi connectivity index (χ4v) is 1.69. The van der Waals surface area contributed by atoms with Gasteiger partial charge in [0.15, 0.2) is 5.84 Å². The molecule has 0 amide bonds. The Morgan fingerprint density at radius 1 is 1.56 bits per heavy atom. The van der Waals surface area contributed by atoms with Crippen molar-refractivity contribution in [1.29, 1.82) is 0 Å². The molecule has 0 radical (unpaired) electrons. The van der Waals surface area contributed by atoms with Crippen molar-refractivity contribution in [2.75, 3.05) is 7.05 Å². The zero-order valence-corrected chi connectivity index (χ0v) is 11.0. The van der Waals surface area contributed by atoms with Gasteiger partial charge < -0.3 is 10.9 Å². The summed E-state index contributed by atoms with van der Waals surface area (Å²) in [6.45, 7) is 4.67. The summed E-state index contributed by atoms with van der Waals surface area (Å²) >= 11 is 0. The van der Waals surface area contributed by atoms with Gasteiger partial charge in [0.1, 0.15) is 5.82 Å². The SMILES string of the molecule is CCC(C)N(C)Cc1cccc(/C(N)=N/O)c1F. The number of oxime groups is 1. The predicted molar refractivity (Wildman–Crippen MR) is 70.1 cm³/mol. The summed E-state index contributed by atoms with van der Waals surface area (Å²) in [6, 6.07) is 5.28. The molecule has 0 saturated carbocycles. The molecule has 0 saturated heterocycles. The normalized spacial score (nSPS) is 13.9. The van der Waals surface area contributed by atoms with Crippen molar-refractivity contribution in [3.63, 3.8) is 0 Å². The Kier molecular flexibility index (Phi) is 5.09. The van der Waals surface area contributed by atoms with Gasteiger partial charge in [-0.15, -0.1) is 0 Å². The Morgan fingerprint density at radius 2 is 2.22 bits per heavy atom. The van der Waals surface area contributed by atoms with Crippen molar-refractivity contribution >= 4 is 5.84 Å². The number of halogens is 1. The number of rotatable bonds is 5. The highest BCUT2D eigenvalue weighted by Crippen LogP contribution is 2.16. The first-order valence-electron chi connectivity index (χ1n) is 5.96. The van der Waals surface area contributed by atoms with E-state index in [1.54, 1.807) is 12.1 Å². The van der Waals surface area contributed by atoms with Crippen molar-refractivity contribution in [3.05, 3.63) is 35.1 Å². The lowest BCUT2D eigenvalue weighted by atomic mass is 10.1. The molecular formula is C13H20FN3O. The maximum Gasteiger partial charge on any atom is 0.173 e. The summed E-state index contributed by atoms with van der Waals surface area (Å²) in [6.07, 6.45) is 0.998. The minimum absolute atomic E-state index is 0.132. The Hall–Kier alpha value is -1.62. The lowest BCUT2D eigenvalue weighted by molar-refractivity contribution is 0.240. The van der Waals surface area contributed by atoms with Gasteiger partial charge in [0, 0.05) is 18.2 Å². The topological polar surface area (TPSA) is 61.8 Å². The van der Waals surface area contributed by atoms with Crippen LogP contribution in [0.1, 0.15) is 31.4 Å². The number of benzene rings is 1. The second-order valence-corrected chi connectivity index (χ2v) is 4.44. The molecule has 4 nitrogen and oxygen atoms in total. The molecule has 100 valence electrons. The number of hydrogen-bond acceptors (Lipinski definition) is 3. The second-order valence-electron chi connectivity index (χ2n) is 4.44. The summed E-state index contributed by atoms with van der Waals surface area (Å²) < 4.78 is 14.1. The molecular weight excluding hydrogens is 233 g/mol. The molecule has 0 fully saturated rings. The predicted octanol–water partition coefficient (Wildman–Crippen LogP) is 2.15. The van der Waals surface area contributed by atoms with Gasteiger partial charge in [-0.1, -0.05) is 24.2 Å². The summed E-state index contributed by atoms with van der Waals surface area (Å²) in [5.74, 6) is -0.636. The Labute approximate surface area is 107 Å². The summed E-state index contributed by atoms with van der Waals surface area (Å²) in [7, 11) is 1.95. The molecule has 1 rings (SSSR count). The van der Waals surface area contributed by atoms with E-state index in [2.05, 4.69) is 23.9 Å². The molecule has 0 aliphatic heterocycles. The van der Waals surface area contributed by atoms with Crippen LogP contribution in [0.2, 0.25) is 0 Å². The van der Waals surface area contributed by atoms with Crippen LogP contribution in [0.5, 0.6) is 0 Å². The van der Waals surface area contributed by atoms with Crippen LogP contribution in [0.25, 0.3) is 0 Å². The number of nitrogens with zero attached hydrogens (tertiary/aromatic N) is 2. The van der Waals surface area contributed by atoms with Gasteiger partial charge in [-0.05, 0) is 26.5 Å². The van der Waals surface area contributed by atoms with Gasteiger partial charge in [-0.3, -0.25) is 4.90 Å². The third-order valence-corrected chi connectivity index (χ3v) is 3.23. The second kappa shape index (κ2) is 6.35. The van der Waals surface area contributed by atoms with Crippen LogP contribution < -0.4 is 5.73 Å². The van der Waals surface area contributed by atoms with Gasteiger partial charge in [-0.2, -0.15) is 0 Å². The molecule has 3 N–H and O–H groups in total. The largest absolute Gasteiger partial charge is 0.409 e. The molecule has 1 aromatic rings. The third-order valence-electron chi connectivity index (χ3n) is 3.23. The molecule has 0 heterocycles. The molecule has 1 atom stereocenters. The van der Waals surface area contributed by atoms with E-state index in [1.165, 1.54) is 6.07 Å². The van der Waals surface area contributed by atoms with Gasteiger partial charge in [0.25, 0.3) is 0 Å². The Balaban J connectivity index is 2.98. The van der Waals surface area contributed by atoms with Crippen LogP contribution in [0.4, 0.5) is 4.39 Å². The molecule has 0 spiro atoms. The molecule has 18 heavy (non-hydrogen) atoms. The van der Waals surface area contributed by atoms with Crippen molar-refractivity contribution in [2.45, 2.75) is 32.9 Å². The van der Waals surface area contributed by atoms with Crippen LogP contribution in [-0.4, -0.2) is 29.0 Å². The number of amidine groups is 1. The van der Waals surface area contributed by atoms with Crippen LogP contribution in [-0.2, 0) is 6.54 Å². The van der Waals surface area contributed by atoms with E-state index >= 15 is 0 Å². The molecule has 0 bridgehead atoms. The Bertz CT molecular complexity index is 434. The molecule has 0 aliphatic rings. The van der Waals surface area contributed by atoms with Gasteiger partial charge >= 0.3 is 0 Å². The highest BCUT2D eigenvalue weighted by molar-refractivity contribution is 5.97. The first kappa shape index (κ1) is 14.4. The van der Waals surface area contributed by atoms with Crippen molar-refractivity contribution in [1.82, 2.24) is 4.90 Å². The summed E-state index contributed by atoms with van der Waals surface area (Å²) in [5, 5.41) is 11.4. The minimum atomic E-state index is -0.428. The Morgan fingerprint density at radius 3 is 2.78 bits per heavy atom. The minimum Gasteiger partial charge on any atom is -0.409 e. The van der Waals surface area contributed by atoms with Gasteiger partial charge in [-0.25, -0.2) is 4.39 Å². The first-order chi connectivity index (χ1) is 8.51. The zero-order valence-electron chi connectivity index (χ0n) is 11.0. The van der Waals surface area contributed by atoms with E-state index in [9.17, 15) is 4.39 Å². The van der Waals surface area contributed by atoms with Crippen molar-refractivity contribution < 1.29 is 9.60 Å². The number of hydrogen-bond donors (Lipinski definition) is 2. The molecule has 5 heteroatoms. The first-order valence-corrected chi connectivity index (χ1v) is 5.96. The van der Waals surface area contributed by atoms with E-state index in [4.69, 9.17) is 10.9 Å². The standard InChI is InChI=1S/C13H20FN3O/c1-4-9(2)17(3)8-10-6-5-7-11(12(10)14)13(15)16-18/h5-7,9,18H,4,8H2,1-3H3,(H2,15,16). The van der Waals surface area contributed by atoms with Gasteiger partial charge in [0.2, 0.25) is 0 Å². The van der Waals surface area contributed by atoms with Crippen LogP contribution in [0.15, 0.2) is 23.4 Å². The maximum atomic E-state index is 14.1. The third kappa shape index (κ3) is 3.20. The van der Waals surface area contributed by atoms with E-state index < -0.39 is 5.82 Å². The fraction of sp³-hybridized carbons (Fsp3) is 0.462. The van der Waals surface area contributed by atoms with E-state index in [0.717, 1.165) is 6.42 Å². The summed E-state index contributed by atoms with van der Waals surface area (Å²) in [4.78, 5) is 2.06. The van der Waals surface area contributed by atoms with Crippen LogP contribution in [0, 0.1) is 5.82 Å². The molecule has 0 aliphatic carbocycles. The van der Waals surface area contributed by atoms with E-state index in [0.29, 0.717) is 18.2 Å². The zero-order chi connectivity index (χ0) is 13.7. The van der Waals surface area contributed by atoms with Crippen LogP contribution in [0.3, 0.4) is 0 Å². The molecule has 1 unspecified atom stereocenters. The lowest BCUT2D eigenvalue weighted by Gasteiger charge is -2.24. The van der Waals surface area contributed by atoms with E-state index in [-0.39, 0.29) is 11.4 Å². The number of nitrogens with two attached hydrogens (primary N) is 1. The fourth-order valence-electron chi connectivity index (χ4n) is 1.69. The highest BCUT2D eigenvalue weighted by Gasteiger charge is 2.14. The monoisotopic (exact) mass is 253 g/mol. The van der Waals surface area contributed by atoms with Gasteiger partial charge in [0.05, 0.1) is 5.56 Å². The van der Waals surface area contributed by atoms with E-state index in [1.807, 2.05) is 7.05 Å². The highest BCUT2D eigenvalue weighted by atomic mass is 19.1. The average Bonchev–Trinajstić information content (AvgIpc) is 2.39. The van der Waals surface area contributed by atoms with Crippen LogP contribution >= 0.6 is 0 Å². The van der Waals surface area contributed by atoms with Crippen molar-refractivity contribution in [2.24, 2.45) is 10.9 Å². The average molecular weight is 253 g/mol.